The molecule has 0 spiro atoms. The van der Waals surface area contributed by atoms with E-state index in [9.17, 15) is 23.7 Å². The molecule has 0 aliphatic heterocycles. The molecule has 0 aliphatic carbocycles. The fourth-order valence-electron chi connectivity index (χ4n) is 5.13. The predicted octanol–water partition coefficient (Wildman–Crippen LogP) is 4.58. The van der Waals surface area contributed by atoms with E-state index in [0.29, 0.717) is 30.6 Å². The number of furan rings is 1. The van der Waals surface area contributed by atoms with Crippen LogP contribution < -0.4 is 20.7 Å². The van der Waals surface area contributed by atoms with Crippen molar-refractivity contribution in [2.75, 3.05) is 19.6 Å². The van der Waals surface area contributed by atoms with Crippen molar-refractivity contribution >= 4 is 31.7 Å². The van der Waals surface area contributed by atoms with Crippen LogP contribution in [0.2, 0.25) is 0 Å². The van der Waals surface area contributed by atoms with Crippen LogP contribution in [-0.4, -0.2) is 64.6 Å². The lowest BCUT2D eigenvalue weighted by molar-refractivity contribution is -0.200. The summed E-state index contributed by atoms with van der Waals surface area (Å²) in [6.07, 6.45) is 3.39. The summed E-state index contributed by atoms with van der Waals surface area (Å²) in [6, 6.07) is 16.3. The van der Waals surface area contributed by atoms with Gasteiger partial charge >= 0.3 is 7.60 Å². The average Bonchev–Trinajstić information content (AvgIpc) is 3.59. The Hall–Kier alpha value is -4.49. The highest BCUT2D eigenvalue weighted by atomic mass is 31.2. The molecule has 0 aliphatic rings. The Balaban J connectivity index is 1.67. The molecule has 2 aromatic carbocycles. The van der Waals surface area contributed by atoms with E-state index in [1.165, 1.54) is 29.3 Å². The normalized spacial score (nSPS) is 12.4. The Labute approximate surface area is 285 Å². The van der Waals surface area contributed by atoms with Gasteiger partial charge in [-0.15, -0.1) is 0 Å². The standard InChI is InChI=1S/C34H45N4O10P/c1-4-7-9-14-28(29(5-2)38(23-39)47-20-24-12-10-8-11-13-24)33(41)35-21-36-34(42)31-16-15-30(48-31)25-17-26(19-27(18-25)46-6-3)32(40)37-22-49(43,44)45/h8,10-13,15-19,23,28-29H,4-7,9,14,20-22H2,1-3H3,(H,35,41)(H,36,42)(H,37,40)(H2,43,44,45)/t28-,29-/m1/s1. The van der Waals surface area contributed by atoms with Gasteiger partial charge in [-0.2, -0.15) is 0 Å². The van der Waals surface area contributed by atoms with E-state index in [1.807, 2.05) is 37.3 Å². The quantitative estimate of drug-likeness (QED) is 0.0345. The SMILES string of the molecule is CCCCC[C@@H](C(=O)NCNC(=O)c1ccc(-c2cc(OCC)cc(C(=O)NCP(=O)(O)O)c2)o1)[C@@H](CC)N(C=O)OCc1ccccc1. The first-order chi connectivity index (χ1) is 23.5. The first-order valence-electron chi connectivity index (χ1n) is 16.2. The molecule has 14 nitrogen and oxygen atoms in total. The topological polar surface area (TPSA) is 197 Å². The molecule has 4 amide bonds. The van der Waals surface area contributed by atoms with Crippen LogP contribution in [0.25, 0.3) is 11.3 Å². The van der Waals surface area contributed by atoms with Crippen molar-refractivity contribution in [3.63, 3.8) is 0 Å². The van der Waals surface area contributed by atoms with Crippen LogP contribution in [0.5, 0.6) is 5.75 Å². The molecule has 3 rings (SSSR count). The fraction of sp³-hybridized carbons (Fsp3) is 0.412. The summed E-state index contributed by atoms with van der Waals surface area (Å²) in [6.45, 7) is 5.94. The molecule has 0 unspecified atom stereocenters. The van der Waals surface area contributed by atoms with Gasteiger partial charge in [-0.3, -0.25) is 28.6 Å². The highest BCUT2D eigenvalue weighted by Gasteiger charge is 2.32. The summed E-state index contributed by atoms with van der Waals surface area (Å²) in [4.78, 5) is 75.1. The van der Waals surface area contributed by atoms with Gasteiger partial charge in [0.05, 0.1) is 25.2 Å². The second-order valence-electron chi connectivity index (χ2n) is 11.2. The van der Waals surface area contributed by atoms with Crippen molar-refractivity contribution in [2.45, 2.75) is 65.5 Å². The first-order valence-corrected chi connectivity index (χ1v) is 18.0. The number of ether oxygens (including phenoxy) is 1. The molecule has 2 atom stereocenters. The van der Waals surface area contributed by atoms with E-state index in [-0.39, 0.29) is 42.9 Å². The summed E-state index contributed by atoms with van der Waals surface area (Å²) in [5, 5.41) is 8.76. The maximum atomic E-state index is 13.4. The number of unbranched alkanes of at least 4 members (excludes halogenated alkanes) is 2. The number of hydrogen-bond acceptors (Lipinski definition) is 8. The zero-order valence-electron chi connectivity index (χ0n) is 27.9. The lowest BCUT2D eigenvalue weighted by Crippen LogP contribution is -2.48. The number of nitrogens with one attached hydrogen (secondary N) is 3. The largest absolute Gasteiger partial charge is 0.494 e. The van der Waals surface area contributed by atoms with Gasteiger partial charge in [-0.05, 0) is 55.7 Å². The highest BCUT2D eigenvalue weighted by Crippen LogP contribution is 2.33. The molecule has 0 saturated heterocycles. The van der Waals surface area contributed by atoms with Gasteiger partial charge in [0.2, 0.25) is 12.3 Å². The average molecular weight is 701 g/mol. The number of hydrogen-bond donors (Lipinski definition) is 5. The number of rotatable bonds is 21. The van der Waals surface area contributed by atoms with Crippen LogP contribution in [0.15, 0.2) is 65.1 Å². The van der Waals surface area contributed by atoms with Gasteiger partial charge < -0.3 is 34.9 Å². The summed E-state index contributed by atoms with van der Waals surface area (Å²) in [5.41, 5.74) is 1.33. The zero-order valence-corrected chi connectivity index (χ0v) is 28.8. The molecule has 15 heteroatoms. The Morgan fingerprint density at radius 1 is 0.959 bits per heavy atom. The van der Waals surface area contributed by atoms with Crippen LogP contribution in [0, 0.1) is 5.92 Å². The van der Waals surface area contributed by atoms with Crippen molar-refractivity contribution in [1.82, 2.24) is 21.0 Å². The smallest absolute Gasteiger partial charge is 0.344 e. The van der Waals surface area contributed by atoms with E-state index in [1.54, 1.807) is 13.0 Å². The third-order valence-electron chi connectivity index (χ3n) is 7.54. The minimum atomic E-state index is -4.47. The third kappa shape index (κ3) is 12.5. The van der Waals surface area contributed by atoms with Crippen LogP contribution >= 0.6 is 7.60 Å². The highest BCUT2D eigenvalue weighted by molar-refractivity contribution is 7.51. The Kier molecular flexibility index (Phi) is 15.5. The van der Waals surface area contributed by atoms with Gasteiger partial charge in [-0.1, -0.05) is 63.4 Å². The maximum Gasteiger partial charge on any atom is 0.344 e. The van der Waals surface area contributed by atoms with Crippen molar-refractivity contribution in [3.05, 3.63) is 77.6 Å². The monoisotopic (exact) mass is 700 g/mol. The van der Waals surface area contributed by atoms with E-state index in [2.05, 4.69) is 22.9 Å². The molecule has 1 aromatic heterocycles. The van der Waals surface area contributed by atoms with Crippen molar-refractivity contribution in [2.24, 2.45) is 5.92 Å². The fourth-order valence-corrected chi connectivity index (χ4v) is 5.48. The molecular weight excluding hydrogens is 655 g/mol. The zero-order chi connectivity index (χ0) is 35.8. The molecule has 0 fully saturated rings. The van der Waals surface area contributed by atoms with E-state index >= 15 is 0 Å². The number of carbonyl (C=O) groups is 4. The molecule has 0 saturated carbocycles. The third-order valence-corrected chi connectivity index (χ3v) is 8.11. The molecule has 0 radical (unpaired) electrons. The molecule has 3 aromatic rings. The van der Waals surface area contributed by atoms with E-state index in [0.717, 1.165) is 24.8 Å². The number of amides is 4. The molecule has 49 heavy (non-hydrogen) atoms. The molecule has 1 heterocycles. The summed E-state index contributed by atoms with van der Waals surface area (Å²) in [5.74, 6) is -1.79. The van der Waals surface area contributed by atoms with Crippen molar-refractivity contribution in [1.29, 1.82) is 0 Å². The predicted molar refractivity (Wildman–Crippen MR) is 181 cm³/mol. The van der Waals surface area contributed by atoms with Gasteiger partial charge in [0.25, 0.3) is 11.8 Å². The number of nitrogens with zero attached hydrogens (tertiary/aromatic N) is 1. The minimum Gasteiger partial charge on any atom is -0.494 e. The Bertz CT molecular complexity index is 1580. The minimum absolute atomic E-state index is 0.0639. The van der Waals surface area contributed by atoms with Crippen LogP contribution in [0.1, 0.15) is 79.4 Å². The Morgan fingerprint density at radius 3 is 2.37 bits per heavy atom. The van der Waals surface area contributed by atoms with Gasteiger partial charge in [0.15, 0.2) is 5.76 Å². The van der Waals surface area contributed by atoms with E-state index in [4.69, 9.17) is 23.8 Å². The maximum absolute atomic E-state index is 13.4. The molecule has 266 valence electrons. The van der Waals surface area contributed by atoms with Gasteiger partial charge in [0, 0.05) is 11.1 Å². The Morgan fingerprint density at radius 2 is 1.71 bits per heavy atom. The van der Waals surface area contributed by atoms with Gasteiger partial charge in [-0.25, -0.2) is 5.06 Å². The molecular formula is C34H45N4O10P. The first kappa shape index (κ1) is 39.0. The lowest BCUT2D eigenvalue weighted by Gasteiger charge is -2.32. The van der Waals surface area contributed by atoms with Crippen molar-refractivity contribution < 1.29 is 47.5 Å². The van der Waals surface area contributed by atoms with Crippen LogP contribution in [0.3, 0.4) is 0 Å². The second-order valence-corrected chi connectivity index (χ2v) is 12.8. The number of carbonyl (C=O) groups excluding carboxylic acids is 4. The lowest BCUT2D eigenvalue weighted by atomic mass is 9.90. The molecule has 0 bridgehead atoms. The summed E-state index contributed by atoms with van der Waals surface area (Å²) >= 11 is 0. The number of hydroxylamine groups is 2. The van der Waals surface area contributed by atoms with Gasteiger partial charge in [0.1, 0.15) is 24.4 Å². The van der Waals surface area contributed by atoms with Crippen molar-refractivity contribution in [3.8, 4) is 17.1 Å². The second kappa shape index (κ2) is 19.5. The molecule has 5 N–H and O–H groups in total. The number of benzene rings is 2. The van der Waals surface area contributed by atoms with Crippen LogP contribution in [0.4, 0.5) is 0 Å². The van der Waals surface area contributed by atoms with Crippen LogP contribution in [-0.2, 0) is 25.6 Å². The summed E-state index contributed by atoms with van der Waals surface area (Å²) < 4.78 is 22.5. The summed E-state index contributed by atoms with van der Waals surface area (Å²) in [7, 11) is -4.47. The van der Waals surface area contributed by atoms with E-state index < -0.39 is 37.7 Å².